The van der Waals surface area contributed by atoms with E-state index < -0.39 is 29.3 Å². The van der Waals surface area contributed by atoms with Crippen LogP contribution in [0.3, 0.4) is 0 Å². The Morgan fingerprint density at radius 2 is 1.72 bits per heavy atom. The average molecular weight is 507 g/mol. The normalized spacial score (nSPS) is 14.2. The Bertz CT molecular complexity index is 1250. The number of alkyl halides is 3. The molecular formula is C24H22F5N5O2. The number of piperazine rings is 1. The molecule has 0 radical (unpaired) electrons. The van der Waals surface area contributed by atoms with Gasteiger partial charge in [0, 0.05) is 38.2 Å². The fourth-order valence-corrected chi connectivity index (χ4v) is 3.76. The second-order valence-corrected chi connectivity index (χ2v) is 8.05. The molecule has 2 heterocycles. The van der Waals surface area contributed by atoms with Gasteiger partial charge < -0.3 is 14.5 Å². The zero-order valence-electron chi connectivity index (χ0n) is 19.2. The van der Waals surface area contributed by atoms with E-state index in [2.05, 4.69) is 15.0 Å². The van der Waals surface area contributed by atoms with Gasteiger partial charge in [0.2, 0.25) is 5.95 Å². The number of carbonyl (C=O) groups is 1. The van der Waals surface area contributed by atoms with Gasteiger partial charge in [-0.15, -0.1) is 0 Å². The molecule has 0 unspecified atom stereocenters. The second-order valence-electron chi connectivity index (χ2n) is 8.05. The minimum absolute atomic E-state index is 0.0358. The Morgan fingerprint density at radius 1 is 0.972 bits per heavy atom. The molecule has 2 aromatic carbocycles. The number of rotatable bonds is 6. The van der Waals surface area contributed by atoms with Gasteiger partial charge in [-0.3, -0.25) is 4.79 Å². The molecule has 1 aliphatic rings. The lowest BCUT2D eigenvalue weighted by Gasteiger charge is -2.34. The summed E-state index contributed by atoms with van der Waals surface area (Å²) >= 11 is 0. The highest BCUT2D eigenvalue weighted by Crippen LogP contribution is 2.30. The van der Waals surface area contributed by atoms with Crippen LogP contribution in [0.4, 0.5) is 27.9 Å². The van der Waals surface area contributed by atoms with E-state index in [0.717, 1.165) is 24.3 Å². The molecule has 0 bridgehead atoms. The number of hydrogen-bond donors (Lipinski definition) is 0. The number of carbonyl (C=O) groups excluding carboxylic acids is 1. The van der Waals surface area contributed by atoms with Gasteiger partial charge in [-0.05, 0) is 36.8 Å². The van der Waals surface area contributed by atoms with Crippen molar-refractivity contribution in [3.05, 3.63) is 76.6 Å². The highest BCUT2D eigenvalue weighted by atomic mass is 19.4. The van der Waals surface area contributed by atoms with Crippen LogP contribution in [0, 0.1) is 11.6 Å². The predicted molar refractivity (Wildman–Crippen MR) is 120 cm³/mol. The monoisotopic (exact) mass is 507 g/mol. The topological polar surface area (TPSA) is 71.5 Å². The molecule has 1 fully saturated rings. The van der Waals surface area contributed by atoms with Gasteiger partial charge in [0.15, 0.2) is 11.6 Å². The van der Waals surface area contributed by atoms with Crippen LogP contribution < -0.4 is 9.64 Å². The van der Waals surface area contributed by atoms with E-state index >= 15 is 0 Å². The van der Waals surface area contributed by atoms with Gasteiger partial charge in [-0.2, -0.15) is 28.1 Å². The molecule has 0 N–H and O–H groups in total. The van der Waals surface area contributed by atoms with E-state index in [4.69, 9.17) is 4.74 Å². The number of benzene rings is 2. The highest BCUT2D eigenvalue weighted by Gasteiger charge is 2.30. The highest BCUT2D eigenvalue weighted by molar-refractivity contribution is 5.94. The number of aromatic nitrogens is 3. The first-order valence-electron chi connectivity index (χ1n) is 11.2. The SMILES string of the molecule is CCOc1nc(Cc2cccc(C(F)(F)F)c2)nc(N2CCN(C(=O)c3ccc(F)c(F)c3)CC2)n1. The minimum Gasteiger partial charge on any atom is -0.464 e. The fraction of sp³-hybridized carbons (Fsp3) is 0.333. The van der Waals surface area contributed by atoms with Crippen LogP contribution in [-0.4, -0.2) is 58.5 Å². The average Bonchev–Trinajstić information content (AvgIpc) is 2.85. The van der Waals surface area contributed by atoms with Crippen molar-refractivity contribution >= 4 is 11.9 Å². The van der Waals surface area contributed by atoms with Gasteiger partial charge in [0.05, 0.1) is 12.2 Å². The molecule has 4 rings (SSSR count). The summed E-state index contributed by atoms with van der Waals surface area (Å²) in [7, 11) is 0. The summed E-state index contributed by atoms with van der Waals surface area (Å²) in [6, 6.07) is 7.98. The third kappa shape index (κ3) is 5.86. The summed E-state index contributed by atoms with van der Waals surface area (Å²) in [4.78, 5) is 28.9. The molecule has 0 saturated carbocycles. The predicted octanol–water partition coefficient (Wildman–Crippen LogP) is 4.12. The summed E-state index contributed by atoms with van der Waals surface area (Å²) < 4.78 is 71.4. The number of nitrogens with zero attached hydrogens (tertiary/aromatic N) is 5. The van der Waals surface area contributed by atoms with Crippen LogP contribution in [-0.2, 0) is 12.6 Å². The van der Waals surface area contributed by atoms with Gasteiger partial charge in [-0.25, -0.2) is 8.78 Å². The van der Waals surface area contributed by atoms with E-state index in [0.29, 0.717) is 18.7 Å². The Labute approximate surface area is 203 Å². The first-order chi connectivity index (χ1) is 17.1. The third-order valence-corrected chi connectivity index (χ3v) is 5.56. The van der Waals surface area contributed by atoms with E-state index in [1.165, 1.54) is 17.0 Å². The van der Waals surface area contributed by atoms with E-state index in [1.807, 2.05) is 0 Å². The summed E-state index contributed by atoms with van der Waals surface area (Å²) in [5.74, 6) is -2.04. The Kier molecular flexibility index (Phi) is 7.32. The van der Waals surface area contributed by atoms with Crippen molar-refractivity contribution in [1.82, 2.24) is 19.9 Å². The molecule has 12 heteroatoms. The Balaban J connectivity index is 1.49. The van der Waals surface area contributed by atoms with E-state index in [9.17, 15) is 26.7 Å². The number of amides is 1. The first-order valence-corrected chi connectivity index (χ1v) is 11.2. The van der Waals surface area contributed by atoms with E-state index in [1.54, 1.807) is 17.9 Å². The smallest absolute Gasteiger partial charge is 0.416 e. The van der Waals surface area contributed by atoms with Gasteiger partial charge in [-0.1, -0.05) is 18.2 Å². The lowest BCUT2D eigenvalue weighted by Crippen LogP contribution is -2.49. The molecule has 1 amide bonds. The molecule has 7 nitrogen and oxygen atoms in total. The minimum atomic E-state index is -4.46. The van der Waals surface area contributed by atoms with Crippen LogP contribution in [0.25, 0.3) is 0 Å². The second kappa shape index (κ2) is 10.4. The molecule has 190 valence electrons. The van der Waals surface area contributed by atoms with Crippen molar-refractivity contribution in [2.75, 3.05) is 37.7 Å². The Morgan fingerprint density at radius 3 is 2.39 bits per heavy atom. The number of ether oxygens (including phenoxy) is 1. The van der Waals surface area contributed by atoms with Gasteiger partial charge >= 0.3 is 12.2 Å². The van der Waals surface area contributed by atoms with Crippen molar-refractivity contribution in [3.8, 4) is 6.01 Å². The van der Waals surface area contributed by atoms with Crippen LogP contribution >= 0.6 is 0 Å². The fourth-order valence-electron chi connectivity index (χ4n) is 3.76. The molecule has 1 saturated heterocycles. The van der Waals surface area contributed by atoms with Crippen LogP contribution in [0.15, 0.2) is 42.5 Å². The number of halogens is 5. The molecule has 3 aromatic rings. The van der Waals surface area contributed by atoms with Crippen molar-refractivity contribution < 1.29 is 31.5 Å². The first kappa shape index (κ1) is 25.3. The molecule has 0 spiro atoms. The van der Waals surface area contributed by atoms with Crippen molar-refractivity contribution in [2.45, 2.75) is 19.5 Å². The zero-order valence-corrected chi connectivity index (χ0v) is 19.2. The van der Waals surface area contributed by atoms with Gasteiger partial charge in [0.1, 0.15) is 5.82 Å². The van der Waals surface area contributed by atoms with Gasteiger partial charge in [0.25, 0.3) is 5.91 Å². The zero-order chi connectivity index (χ0) is 25.9. The summed E-state index contributed by atoms with van der Waals surface area (Å²) in [6.45, 7) is 3.26. The lowest BCUT2D eigenvalue weighted by atomic mass is 10.1. The Hall–Kier alpha value is -3.83. The van der Waals surface area contributed by atoms with E-state index in [-0.39, 0.29) is 49.5 Å². The van der Waals surface area contributed by atoms with Crippen LogP contribution in [0.2, 0.25) is 0 Å². The largest absolute Gasteiger partial charge is 0.464 e. The quantitative estimate of drug-likeness (QED) is 0.468. The summed E-state index contributed by atoms with van der Waals surface area (Å²) in [5, 5.41) is 0. The summed E-state index contributed by atoms with van der Waals surface area (Å²) in [5.41, 5.74) is -0.336. The van der Waals surface area contributed by atoms with Crippen molar-refractivity contribution in [3.63, 3.8) is 0 Å². The lowest BCUT2D eigenvalue weighted by molar-refractivity contribution is -0.137. The maximum Gasteiger partial charge on any atom is 0.416 e. The van der Waals surface area contributed by atoms with Crippen molar-refractivity contribution in [2.24, 2.45) is 0 Å². The molecule has 0 aliphatic carbocycles. The standard InChI is InChI=1S/C24H22F5N5O2/c1-2-36-23-31-20(13-15-4-3-5-17(12-15)24(27,28)29)30-22(32-23)34-10-8-33(9-11-34)21(35)16-6-7-18(25)19(26)14-16/h3-7,12,14H,2,8-11,13H2,1H3. The maximum absolute atomic E-state index is 13.5. The molecular weight excluding hydrogens is 485 g/mol. The number of hydrogen-bond acceptors (Lipinski definition) is 6. The summed E-state index contributed by atoms with van der Waals surface area (Å²) in [6.07, 6.45) is -4.43. The van der Waals surface area contributed by atoms with Crippen LogP contribution in [0.5, 0.6) is 6.01 Å². The molecule has 1 aromatic heterocycles. The third-order valence-electron chi connectivity index (χ3n) is 5.56. The molecule has 0 atom stereocenters. The number of anilines is 1. The van der Waals surface area contributed by atoms with Crippen LogP contribution in [0.1, 0.15) is 34.2 Å². The van der Waals surface area contributed by atoms with Crippen molar-refractivity contribution in [1.29, 1.82) is 0 Å². The molecule has 1 aliphatic heterocycles. The molecule has 36 heavy (non-hydrogen) atoms. The maximum atomic E-state index is 13.5.